The monoisotopic (exact) mass is 341 g/mol. The number of hydrogen-bond acceptors (Lipinski definition) is 3. The van der Waals surface area contributed by atoms with Gasteiger partial charge in [-0.2, -0.15) is 8.78 Å². The van der Waals surface area contributed by atoms with E-state index in [0.29, 0.717) is 24.6 Å². The summed E-state index contributed by atoms with van der Waals surface area (Å²) >= 11 is 0. The molecule has 0 bridgehead atoms. The molecule has 1 heterocycles. The smallest absolute Gasteiger partial charge is 0.387 e. The van der Waals surface area contributed by atoms with Crippen molar-refractivity contribution in [3.05, 3.63) is 29.8 Å². The highest BCUT2D eigenvalue weighted by molar-refractivity contribution is 5.94. The first-order valence-electron chi connectivity index (χ1n) is 8.39. The van der Waals surface area contributed by atoms with Gasteiger partial charge < -0.3 is 14.7 Å². The molecule has 0 aromatic heterocycles. The minimum absolute atomic E-state index is 0.0157. The lowest BCUT2D eigenvalue weighted by molar-refractivity contribution is -0.0499. The summed E-state index contributed by atoms with van der Waals surface area (Å²) < 4.78 is 28.9. The van der Waals surface area contributed by atoms with Gasteiger partial charge in [0.25, 0.3) is 5.91 Å². The second-order valence-electron chi connectivity index (χ2n) is 6.73. The standard InChI is InChI=1S/C18H25F2NO3/c1-12(2)10-16(22)13-6-8-21(9-7-13)17(23)14-4-3-5-15(11-14)24-18(19)20/h3-5,11-13,16,18,22H,6-10H2,1-2H3. The number of ether oxygens (including phenoxy) is 1. The molecule has 1 atom stereocenters. The summed E-state index contributed by atoms with van der Waals surface area (Å²) in [5.74, 6) is 0.451. The predicted molar refractivity (Wildman–Crippen MR) is 87.2 cm³/mol. The van der Waals surface area contributed by atoms with Crippen molar-refractivity contribution in [2.45, 2.75) is 45.8 Å². The van der Waals surface area contributed by atoms with Crippen LogP contribution in [0.5, 0.6) is 5.75 Å². The summed E-state index contributed by atoms with van der Waals surface area (Å²) in [6, 6.07) is 5.87. The zero-order chi connectivity index (χ0) is 17.7. The van der Waals surface area contributed by atoms with Gasteiger partial charge in [0, 0.05) is 18.7 Å². The van der Waals surface area contributed by atoms with Gasteiger partial charge in [0.1, 0.15) is 5.75 Å². The Bertz CT molecular complexity index is 543. The number of carbonyl (C=O) groups is 1. The highest BCUT2D eigenvalue weighted by Gasteiger charge is 2.28. The highest BCUT2D eigenvalue weighted by atomic mass is 19.3. The number of alkyl halides is 2. The average molecular weight is 341 g/mol. The molecule has 0 saturated carbocycles. The summed E-state index contributed by atoms with van der Waals surface area (Å²) in [4.78, 5) is 14.2. The van der Waals surface area contributed by atoms with Crippen LogP contribution in [-0.2, 0) is 0 Å². The summed E-state index contributed by atoms with van der Waals surface area (Å²) in [5.41, 5.74) is 0.342. The summed E-state index contributed by atoms with van der Waals surface area (Å²) in [7, 11) is 0. The number of halogens is 2. The van der Waals surface area contributed by atoms with Crippen molar-refractivity contribution in [2.24, 2.45) is 11.8 Å². The number of hydrogen-bond donors (Lipinski definition) is 1. The molecule has 1 aromatic rings. The van der Waals surface area contributed by atoms with E-state index >= 15 is 0 Å². The maximum atomic E-state index is 12.5. The van der Waals surface area contributed by atoms with Crippen molar-refractivity contribution >= 4 is 5.91 Å². The van der Waals surface area contributed by atoms with E-state index in [1.54, 1.807) is 11.0 Å². The number of piperidine rings is 1. The lowest BCUT2D eigenvalue weighted by atomic mass is 9.87. The van der Waals surface area contributed by atoms with Crippen LogP contribution in [0.25, 0.3) is 0 Å². The molecule has 24 heavy (non-hydrogen) atoms. The van der Waals surface area contributed by atoms with Crippen LogP contribution in [0.3, 0.4) is 0 Å². The molecule has 1 saturated heterocycles. The number of carbonyl (C=O) groups excluding carboxylic acids is 1. The highest BCUT2D eigenvalue weighted by Crippen LogP contribution is 2.26. The largest absolute Gasteiger partial charge is 0.435 e. The normalized spacial score (nSPS) is 17.4. The Hall–Kier alpha value is -1.69. The first-order valence-corrected chi connectivity index (χ1v) is 8.39. The third kappa shape index (κ3) is 5.16. The van der Waals surface area contributed by atoms with E-state index < -0.39 is 6.61 Å². The third-order valence-electron chi connectivity index (χ3n) is 4.39. The molecule has 1 N–H and O–H groups in total. The molecule has 6 heteroatoms. The lowest BCUT2D eigenvalue weighted by Crippen LogP contribution is -2.41. The Morgan fingerprint density at radius 3 is 2.58 bits per heavy atom. The maximum absolute atomic E-state index is 12.5. The molecular weight excluding hydrogens is 316 g/mol. The quantitative estimate of drug-likeness (QED) is 0.861. The van der Waals surface area contributed by atoms with E-state index in [9.17, 15) is 18.7 Å². The SMILES string of the molecule is CC(C)CC(O)C1CCN(C(=O)c2cccc(OC(F)F)c2)CC1. The number of nitrogens with zero attached hydrogens (tertiary/aromatic N) is 1. The van der Waals surface area contributed by atoms with Crippen molar-refractivity contribution in [3.8, 4) is 5.75 Å². The molecule has 1 amide bonds. The number of aliphatic hydroxyl groups is 1. The third-order valence-corrected chi connectivity index (χ3v) is 4.39. The van der Waals surface area contributed by atoms with Crippen LogP contribution < -0.4 is 4.74 Å². The minimum Gasteiger partial charge on any atom is -0.435 e. The van der Waals surface area contributed by atoms with Gasteiger partial charge in [-0.05, 0) is 49.3 Å². The Morgan fingerprint density at radius 2 is 2.00 bits per heavy atom. The summed E-state index contributed by atoms with van der Waals surface area (Å²) in [6.45, 7) is 2.39. The summed E-state index contributed by atoms with van der Waals surface area (Å²) in [5, 5.41) is 10.2. The van der Waals surface area contributed by atoms with E-state index in [2.05, 4.69) is 18.6 Å². The van der Waals surface area contributed by atoms with Gasteiger partial charge in [-0.1, -0.05) is 19.9 Å². The Kier molecular flexibility index (Phi) is 6.54. The van der Waals surface area contributed by atoms with Gasteiger partial charge in [0.05, 0.1) is 6.10 Å². The van der Waals surface area contributed by atoms with Gasteiger partial charge in [0.2, 0.25) is 0 Å². The van der Waals surface area contributed by atoms with Crippen LogP contribution in [0.2, 0.25) is 0 Å². The molecule has 1 fully saturated rings. The predicted octanol–water partition coefficient (Wildman–Crippen LogP) is 3.55. The van der Waals surface area contributed by atoms with Crippen LogP contribution in [-0.4, -0.2) is 41.7 Å². The number of amides is 1. The van der Waals surface area contributed by atoms with Gasteiger partial charge >= 0.3 is 6.61 Å². The fourth-order valence-electron chi connectivity index (χ4n) is 3.15. The van der Waals surface area contributed by atoms with Gasteiger partial charge in [-0.3, -0.25) is 4.79 Å². The van der Waals surface area contributed by atoms with Crippen LogP contribution in [0.1, 0.15) is 43.5 Å². The minimum atomic E-state index is -2.91. The van der Waals surface area contributed by atoms with E-state index in [0.717, 1.165) is 19.3 Å². The average Bonchev–Trinajstić information content (AvgIpc) is 2.53. The number of likely N-dealkylation sites (tertiary alicyclic amines) is 1. The van der Waals surface area contributed by atoms with Crippen molar-refractivity contribution in [2.75, 3.05) is 13.1 Å². The first kappa shape index (κ1) is 18.6. The molecular formula is C18H25F2NO3. The van der Waals surface area contributed by atoms with Crippen molar-refractivity contribution in [1.82, 2.24) is 4.90 Å². The van der Waals surface area contributed by atoms with Gasteiger partial charge in [-0.25, -0.2) is 0 Å². The van der Waals surface area contributed by atoms with Crippen LogP contribution >= 0.6 is 0 Å². The molecule has 0 radical (unpaired) electrons. The maximum Gasteiger partial charge on any atom is 0.387 e. The van der Waals surface area contributed by atoms with Crippen molar-refractivity contribution in [3.63, 3.8) is 0 Å². The van der Waals surface area contributed by atoms with Crippen molar-refractivity contribution < 1.29 is 23.4 Å². The molecule has 4 nitrogen and oxygen atoms in total. The Balaban J connectivity index is 1.93. The van der Waals surface area contributed by atoms with E-state index in [-0.39, 0.29) is 23.7 Å². The molecule has 134 valence electrons. The number of rotatable bonds is 6. The number of benzene rings is 1. The fraction of sp³-hybridized carbons (Fsp3) is 0.611. The molecule has 0 spiro atoms. The van der Waals surface area contributed by atoms with Crippen molar-refractivity contribution in [1.29, 1.82) is 0 Å². The van der Waals surface area contributed by atoms with Gasteiger partial charge in [0.15, 0.2) is 0 Å². The zero-order valence-corrected chi connectivity index (χ0v) is 14.1. The Labute approximate surface area is 141 Å². The molecule has 1 unspecified atom stereocenters. The first-order chi connectivity index (χ1) is 11.4. The van der Waals surface area contributed by atoms with Crippen LogP contribution in [0.4, 0.5) is 8.78 Å². The van der Waals surface area contributed by atoms with Crippen LogP contribution in [0, 0.1) is 11.8 Å². The summed E-state index contributed by atoms with van der Waals surface area (Å²) in [6.07, 6.45) is 1.95. The number of aliphatic hydroxyl groups excluding tert-OH is 1. The van der Waals surface area contributed by atoms with E-state index in [1.807, 2.05) is 0 Å². The second-order valence-corrected chi connectivity index (χ2v) is 6.73. The molecule has 2 rings (SSSR count). The molecule has 1 aliphatic heterocycles. The van der Waals surface area contributed by atoms with Gasteiger partial charge in [-0.15, -0.1) is 0 Å². The molecule has 0 aliphatic carbocycles. The lowest BCUT2D eigenvalue weighted by Gasteiger charge is -2.34. The Morgan fingerprint density at radius 1 is 1.33 bits per heavy atom. The second kappa shape index (κ2) is 8.42. The van der Waals surface area contributed by atoms with E-state index in [4.69, 9.17) is 0 Å². The van der Waals surface area contributed by atoms with E-state index in [1.165, 1.54) is 18.2 Å². The zero-order valence-electron chi connectivity index (χ0n) is 14.1. The molecule has 1 aromatic carbocycles. The molecule has 1 aliphatic rings. The fourth-order valence-corrected chi connectivity index (χ4v) is 3.15. The van der Waals surface area contributed by atoms with Crippen LogP contribution in [0.15, 0.2) is 24.3 Å². The topological polar surface area (TPSA) is 49.8 Å².